The number of unbranched alkanes of at least 4 members (excludes halogenated alkanes) is 3. The Hall–Kier alpha value is -2.45. The van der Waals surface area contributed by atoms with E-state index in [4.69, 9.17) is 22.8 Å². The van der Waals surface area contributed by atoms with Crippen molar-refractivity contribution in [3.63, 3.8) is 0 Å². The van der Waals surface area contributed by atoms with Gasteiger partial charge < -0.3 is 22.8 Å². The van der Waals surface area contributed by atoms with E-state index in [0.29, 0.717) is 26.4 Å². The van der Waals surface area contributed by atoms with Crippen molar-refractivity contribution in [2.24, 2.45) is 0 Å². The highest BCUT2D eigenvalue weighted by atomic mass is 28.4. The van der Waals surface area contributed by atoms with E-state index in [9.17, 15) is 4.79 Å². The molecule has 2 aromatic carbocycles. The Labute approximate surface area is 211 Å². The monoisotopic (exact) mass is 500 g/mol. The maximum absolute atomic E-state index is 12.0. The van der Waals surface area contributed by atoms with E-state index in [1.165, 1.54) is 6.08 Å². The lowest BCUT2D eigenvalue weighted by molar-refractivity contribution is -0.137. The topological polar surface area (TPSA) is 63.2 Å². The lowest BCUT2D eigenvalue weighted by Gasteiger charge is -2.28. The van der Waals surface area contributed by atoms with Crippen LogP contribution in [0.2, 0.25) is 6.04 Å². The second kappa shape index (κ2) is 16.3. The second-order valence-corrected chi connectivity index (χ2v) is 10.7. The average molecular weight is 501 g/mol. The predicted molar refractivity (Wildman–Crippen MR) is 142 cm³/mol. The van der Waals surface area contributed by atoms with Gasteiger partial charge in [0.15, 0.2) is 0 Å². The number of hydrogen-bond acceptors (Lipinski definition) is 6. The summed E-state index contributed by atoms with van der Waals surface area (Å²) >= 11 is 0. The van der Waals surface area contributed by atoms with Crippen LogP contribution in [-0.4, -0.2) is 48.3 Å². The maximum Gasteiger partial charge on any atom is 0.500 e. The van der Waals surface area contributed by atoms with Gasteiger partial charge >= 0.3 is 14.8 Å². The highest BCUT2D eigenvalue weighted by Crippen LogP contribution is 2.23. The average Bonchev–Trinajstić information content (AvgIpc) is 2.88. The Morgan fingerprint density at radius 3 is 1.86 bits per heavy atom. The first-order chi connectivity index (χ1) is 17.1. The minimum atomic E-state index is -2.55. The van der Waals surface area contributed by atoms with Crippen LogP contribution in [0.3, 0.4) is 0 Å². The number of methoxy groups -OCH3 is 1. The van der Waals surface area contributed by atoms with Gasteiger partial charge in [0.1, 0.15) is 5.75 Å². The van der Waals surface area contributed by atoms with Gasteiger partial charge in [0.2, 0.25) is 0 Å². The summed E-state index contributed by atoms with van der Waals surface area (Å²) in [4.78, 5) is 12.0. The molecule has 0 aliphatic rings. The van der Waals surface area contributed by atoms with Crippen molar-refractivity contribution in [3.8, 4) is 16.9 Å². The molecule has 0 saturated carbocycles. The summed E-state index contributed by atoms with van der Waals surface area (Å²) in [6, 6.07) is 16.8. The molecular weight excluding hydrogens is 460 g/mol. The van der Waals surface area contributed by atoms with Crippen molar-refractivity contribution in [2.45, 2.75) is 52.5 Å². The number of carbonyl (C=O) groups excluding carboxylic acids is 1. The van der Waals surface area contributed by atoms with Gasteiger partial charge in [0.25, 0.3) is 0 Å². The van der Waals surface area contributed by atoms with Crippen LogP contribution in [-0.2, 0) is 22.8 Å². The predicted octanol–water partition coefficient (Wildman–Crippen LogP) is 6.53. The van der Waals surface area contributed by atoms with Crippen molar-refractivity contribution < 1.29 is 27.5 Å². The molecule has 0 aromatic heterocycles. The van der Waals surface area contributed by atoms with Crippen LogP contribution in [0.4, 0.5) is 0 Å². The van der Waals surface area contributed by atoms with Crippen LogP contribution < -0.4 is 4.74 Å². The minimum Gasteiger partial charge on any atom is -0.497 e. The molecule has 6 nitrogen and oxygen atoms in total. The first-order valence-corrected chi connectivity index (χ1v) is 14.5. The lowest BCUT2D eigenvalue weighted by atomic mass is 10.0. The highest BCUT2D eigenvalue weighted by Gasteiger charge is 2.39. The molecule has 0 unspecified atom stereocenters. The van der Waals surface area contributed by atoms with E-state index in [1.807, 2.05) is 69.3 Å². The maximum atomic E-state index is 12.0. The summed E-state index contributed by atoms with van der Waals surface area (Å²) in [5.41, 5.74) is 3.17. The third kappa shape index (κ3) is 10.4. The molecule has 0 atom stereocenters. The zero-order chi connectivity index (χ0) is 25.4. The van der Waals surface area contributed by atoms with Gasteiger partial charge in [0, 0.05) is 31.9 Å². The third-order valence-electron chi connectivity index (χ3n) is 5.46. The number of esters is 1. The second-order valence-electron chi connectivity index (χ2n) is 8.00. The summed E-state index contributed by atoms with van der Waals surface area (Å²) in [6.07, 6.45) is 7.08. The Morgan fingerprint density at radius 2 is 1.31 bits per heavy atom. The van der Waals surface area contributed by atoms with Crippen LogP contribution in [0.1, 0.15) is 52.0 Å². The van der Waals surface area contributed by atoms with Crippen molar-refractivity contribution in [1.29, 1.82) is 0 Å². The summed E-state index contributed by atoms with van der Waals surface area (Å²) in [7, 11) is -0.895. The van der Waals surface area contributed by atoms with Gasteiger partial charge in [-0.05, 0) is 68.5 Å². The first kappa shape index (κ1) is 28.8. The quantitative estimate of drug-likeness (QED) is 0.107. The fourth-order valence-electron chi connectivity index (χ4n) is 3.75. The summed E-state index contributed by atoms with van der Waals surface area (Å²) < 4.78 is 28.2. The zero-order valence-electron chi connectivity index (χ0n) is 21.6. The van der Waals surface area contributed by atoms with E-state index < -0.39 is 8.80 Å². The number of rotatable bonds is 17. The molecule has 0 N–H and O–H groups in total. The third-order valence-corrected chi connectivity index (χ3v) is 8.61. The summed E-state index contributed by atoms with van der Waals surface area (Å²) in [5.74, 6) is 0.514. The van der Waals surface area contributed by atoms with E-state index in [0.717, 1.165) is 54.2 Å². The molecule has 0 fully saturated rings. The summed E-state index contributed by atoms with van der Waals surface area (Å²) in [6.45, 7) is 8.14. The molecule has 0 heterocycles. The summed E-state index contributed by atoms with van der Waals surface area (Å²) in [5, 5.41) is 0. The standard InChI is InChI=1S/C28H40O6Si/c1-5-32-35(33-6-2,34-7-3)23-11-9-8-10-22-31-28(29)21-14-24-12-15-25(16-13-24)26-17-19-27(30-4)20-18-26/h12-21H,5-11,22-23H2,1-4H3/b21-14+. The molecule has 0 aliphatic heterocycles. The molecule has 2 rings (SSSR count). The van der Waals surface area contributed by atoms with Gasteiger partial charge in [-0.15, -0.1) is 0 Å². The Balaban J connectivity index is 1.67. The van der Waals surface area contributed by atoms with Crippen molar-refractivity contribution in [3.05, 3.63) is 60.2 Å². The Morgan fingerprint density at radius 1 is 0.771 bits per heavy atom. The molecule has 0 saturated heterocycles. The SMILES string of the molecule is CCO[Si](CCCCCCOC(=O)/C=C/c1ccc(-c2ccc(OC)cc2)cc1)(OCC)OCC. The lowest BCUT2D eigenvalue weighted by Crippen LogP contribution is -2.45. The van der Waals surface area contributed by atoms with Crippen LogP contribution in [0, 0.1) is 0 Å². The van der Waals surface area contributed by atoms with Gasteiger partial charge in [-0.25, -0.2) is 4.79 Å². The van der Waals surface area contributed by atoms with Crippen LogP contribution in [0.15, 0.2) is 54.6 Å². The fourth-order valence-corrected chi connectivity index (χ4v) is 6.44. The molecule has 0 radical (unpaired) electrons. The zero-order valence-corrected chi connectivity index (χ0v) is 22.6. The number of carbonyl (C=O) groups is 1. The van der Waals surface area contributed by atoms with Crippen molar-refractivity contribution in [2.75, 3.05) is 33.5 Å². The Bertz CT molecular complexity index is 862. The molecule has 0 amide bonds. The van der Waals surface area contributed by atoms with Gasteiger partial charge in [-0.1, -0.05) is 49.2 Å². The normalized spacial score (nSPS) is 11.7. The molecule has 0 spiro atoms. The molecule has 0 bridgehead atoms. The number of ether oxygens (including phenoxy) is 2. The molecular formula is C28H40O6Si. The highest BCUT2D eigenvalue weighted by molar-refractivity contribution is 6.60. The van der Waals surface area contributed by atoms with E-state index in [-0.39, 0.29) is 5.97 Å². The molecule has 7 heteroatoms. The van der Waals surface area contributed by atoms with Gasteiger partial charge in [-0.2, -0.15) is 0 Å². The van der Waals surface area contributed by atoms with Gasteiger partial charge in [0.05, 0.1) is 13.7 Å². The van der Waals surface area contributed by atoms with E-state index in [1.54, 1.807) is 13.2 Å². The first-order valence-electron chi connectivity index (χ1n) is 12.6. The van der Waals surface area contributed by atoms with Crippen LogP contribution >= 0.6 is 0 Å². The van der Waals surface area contributed by atoms with E-state index in [2.05, 4.69) is 0 Å². The fraction of sp³-hybridized carbons (Fsp3) is 0.464. The van der Waals surface area contributed by atoms with Crippen LogP contribution in [0.5, 0.6) is 5.75 Å². The smallest absolute Gasteiger partial charge is 0.497 e. The number of benzene rings is 2. The number of hydrogen-bond donors (Lipinski definition) is 0. The Kier molecular flexibility index (Phi) is 13.4. The minimum absolute atomic E-state index is 0.320. The van der Waals surface area contributed by atoms with Crippen LogP contribution in [0.25, 0.3) is 17.2 Å². The molecule has 2 aromatic rings. The molecule has 0 aliphatic carbocycles. The van der Waals surface area contributed by atoms with Gasteiger partial charge in [-0.3, -0.25) is 0 Å². The molecule has 35 heavy (non-hydrogen) atoms. The van der Waals surface area contributed by atoms with E-state index >= 15 is 0 Å². The van der Waals surface area contributed by atoms with Crippen molar-refractivity contribution in [1.82, 2.24) is 0 Å². The molecule has 192 valence electrons. The van der Waals surface area contributed by atoms with Crippen molar-refractivity contribution >= 4 is 20.8 Å². The largest absolute Gasteiger partial charge is 0.500 e.